The lowest BCUT2D eigenvalue weighted by Crippen LogP contribution is -1.87. The molecule has 0 saturated carbocycles. The predicted octanol–water partition coefficient (Wildman–Crippen LogP) is 3.00. The molecule has 14 heavy (non-hydrogen) atoms. The fourth-order valence-corrected chi connectivity index (χ4v) is 1.56. The maximum absolute atomic E-state index is 5.21. The van der Waals surface area contributed by atoms with Gasteiger partial charge in [-0.1, -0.05) is 0 Å². The molecule has 1 aromatic heterocycles. The van der Waals surface area contributed by atoms with Crippen LogP contribution in [0.25, 0.3) is 11.3 Å². The zero-order valence-corrected chi connectivity index (χ0v) is 8.37. The molecular weight excluding hydrogens is 174 g/mol. The highest BCUT2D eigenvalue weighted by molar-refractivity contribution is 5.62. The Hall–Kier alpha value is -1.70. The summed E-state index contributed by atoms with van der Waals surface area (Å²) >= 11 is 0. The lowest BCUT2D eigenvalue weighted by Gasteiger charge is -2.05. The predicted molar refractivity (Wildman–Crippen MR) is 57.5 cm³/mol. The van der Waals surface area contributed by atoms with Crippen LogP contribution in [0.2, 0.25) is 0 Å². The van der Waals surface area contributed by atoms with Gasteiger partial charge >= 0.3 is 0 Å². The molecule has 2 heteroatoms. The monoisotopic (exact) mass is 187 g/mol. The van der Waals surface area contributed by atoms with Gasteiger partial charge in [-0.15, -0.1) is 0 Å². The van der Waals surface area contributed by atoms with Gasteiger partial charge < -0.3 is 9.72 Å². The topological polar surface area (TPSA) is 25.0 Å². The number of methoxy groups -OCH3 is 1. The molecule has 1 heterocycles. The van der Waals surface area contributed by atoms with Crippen LogP contribution in [0.5, 0.6) is 5.75 Å². The molecule has 0 bridgehead atoms. The number of ether oxygens (including phenoxy) is 1. The van der Waals surface area contributed by atoms with E-state index in [1.807, 2.05) is 25.3 Å². The van der Waals surface area contributed by atoms with Gasteiger partial charge in [0.15, 0.2) is 0 Å². The zero-order valence-electron chi connectivity index (χ0n) is 8.37. The molecule has 0 fully saturated rings. The molecule has 0 aliphatic rings. The summed E-state index contributed by atoms with van der Waals surface area (Å²) in [6.07, 6.45) is 1.93. The van der Waals surface area contributed by atoms with Gasteiger partial charge in [-0.2, -0.15) is 0 Å². The molecule has 2 nitrogen and oxygen atoms in total. The van der Waals surface area contributed by atoms with E-state index in [-0.39, 0.29) is 0 Å². The molecule has 0 aliphatic heterocycles. The second-order valence-corrected chi connectivity index (χ2v) is 3.27. The van der Waals surface area contributed by atoms with E-state index in [2.05, 4.69) is 23.2 Å². The van der Waals surface area contributed by atoms with Crippen molar-refractivity contribution in [3.63, 3.8) is 0 Å². The number of nitrogens with one attached hydrogen (secondary N) is 1. The molecule has 72 valence electrons. The molecule has 2 aromatic rings. The van der Waals surface area contributed by atoms with Crippen molar-refractivity contribution in [2.45, 2.75) is 6.92 Å². The Morgan fingerprint density at radius 3 is 2.64 bits per heavy atom. The first-order valence-corrected chi connectivity index (χ1v) is 4.59. The fraction of sp³-hybridized carbons (Fsp3) is 0.167. The van der Waals surface area contributed by atoms with Crippen LogP contribution in [-0.4, -0.2) is 12.1 Å². The quantitative estimate of drug-likeness (QED) is 0.768. The van der Waals surface area contributed by atoms with Crippen molar-refractivity contribution in [1.82, 2.24) is 4.98 Å². The Morgan fingerprint density at radius 1 is 1.21 bits per heavy atom. The van der Waals surface area contributed by atoms with Crippen molar-refractivity contribution in [3.8, 4) is 17.0 Å². The number of aromatic amines is 1. The molecule has 0 spiro atoms. The van der Waals surface area contributed by atoms with Crippen LogP contribution in [0.1, 0.15) is 5.56 Å². The summed E-state index contributed by atoms with van der Waals surface area (Å²) in [6, 6.07) is 10.2. The molecule has 0 atom stereocenters. The van der Waals surface area contributed by atoms with Gasteiger partial charge in [0.2, 0.25) is 0 Å². The number of hydrogen-bond acceptors (Lipinski definition) is 1. The van der Waals surface area contributed by atoms with E-state index in [0.717, 1.165) is 17.0 Å². The summed E-state index contributed by atoms with van der Waals surface area (Å²) in [5.41, 5.74) is 3.48. The summed E-state index contributed by atoms with van der Waals surface area (Å²) in [7, 11) is 1.69. The maximum atomic E-state index is 5.21. The third kappa shape index (κ3) is 1.51. The van der Waals surface area contributed by atoms with Crippen molar-refractivity contribution in [3.05, 3.63) is 42.1 Å². The molecule has 1 N–H and O–H groups in total. The Morgan fingerprint density at radius 2 is 2.07 bits per heavy atom. The Labute approximate surface area is 83.5 Å². The first-order chi connectivity index (χ1) is 6.81. The summed E-state index contributed by atoms with van der Waals surface area (Å²) in [5, 5.41) is 0. The average Bonchev–Trinajstić information content (AvgIpc) is 2.70. The van der Waals surface area contributed by atoms with E-state index in [1.54, 1.807) is 7.11 Å². The number of H-pyrrole nitrogens is 1. The highest BCUT2D eigenvalue weighted by atomic mass is 16.5. The molecule has 0 aliphatic carbocycles. The lowest BCUT2D eigenvalue weighted by atomic mass is 10.1. The molecule has 0 radical (unpaired) electrons. The lowest BCUT2D eigenvalue weighted by molar-refractivity contribution is 0.412. The average molecular weight is 187 g/mol. The van der Waals surface area contributed by atoms with E-state index >= 15 is 0 Å². The zero-order chi connectivity index (χ0) is 9.97. The van der Waals surface area contributed by atoms with Crippen LogP contribution >= 0.6 is 0 Å². The molecule has 2 rings (SSSR count). The molecule has 0 saturated heterocycles. The second kappa shape index (κ2) is 3.58. The van der Waals surface area contributed by atoms with Gasteiger partial charge in [0.05, 0.1) is 7.11 Å². The van der Waals surface area contributed by atoms with Gasteiger partial charge in [0.1, 0.15) is 5.75 Å². The van der Waals surface area contributed by atoms with Crippen molar-refractivity contribution in [1.29, 1.82) is 0 Å². The van der Waals surface area contributed by atoms with Gasteiger partial charge in [-0.05, 0) is 48.4 Å². The van der Waals surface area contributed by atoms with E-state index in [9.17, 15) is 0 Å². The molecule has 0 unspecified atom stereocenters. The highest BCUT2D eigenvalue weighted by Crippen LogP contribution is 2.24. The first-order valence-electron chi connectivity index (χ1n) is 4.59. The van der Waals surface area contributed by atoms with E-state index < -0.39 is 0 Å². The van der Waals surface area contributed by atoms with E-state index in [0.29, 0.717) is 0 Å². The van der Waals surface area contributed by atoms with Gasteiger partial charge in [-0.25, -0.2) is 0 Å². The fourth-order valence-electron chi connectivity index (χ4n) is 1.56. The van der Waals surface area contributed by atoms with E-state index in [1.165, 1.54) is 5.56 Å². The summed E-state index contributed by atoms with van der Waals surface area (Å²) in [6.45, 7) is 2.05. The SMILES string of the molecule is COc1ccc(-c2ccc[nH]2)cc1C. The normalized spacial score (nSPS) is 10.1. The third-order valence-electron chi connectivity index (χ3n) is 2.30. The molecular formula is C12H13NO. The van der Waals surface area contributed by atoms with E-state index in [4.69, 9.17) is 4.74 Å². The number of rotatable bonds is 2. The van der Waals surface area contributed by atoms with Gasteiger partial charge in [-0.3, -0.25) is 0 Å². The van der Waals surface area contributed by atoms with Crippen molar-refractivity contribution >= 4 is 0 Å². The van der Waals surface area contributed by atoms with Gasteiger partial charge in [0.25, 0.3) is 0 Å². The van der Waals surface area contributed by atoms with Crippen LogP contribution in [0, 0.1) is 6.92 Å². The van der Waals surface area contributed by atoms with Crippen LogP contribution in [-0.2, 0) is 0 Å². The van der Waals surface area contributed by atoms with Crippen molar-refractivity contribution in [2.24, 2.45) is 0 Å². The number of benzene rings is 1. The summed E-state index contributed by atoms with van der Waals surface area (Å²) < 4.78 is 5.21. The number of aryl methyl sites for hydroxylation is 1. The second-order valence-electron chi connectivity index (χ2n) is 3.27. The van der Waals surface area contributed by atoms with Crippen LogP contribution in [0.3, 0.4) is 0 Å². The van der Waals surface area contributed by atoms with Crippen LogP contribution in [0.4, 0.5) is 0 Å². The summed E-state index contributed by atoms with van der Waals surface area (Å²) in [4.78, 5) is 3.18. The third-order valence-corrected chi connectivity index (χ3v) is 2.30. The standard InChI is InChI=1S/C12H13NO/c1-9-8-10(5-6-12(9)14-2)11-4-3-7-13-11/h3-8,13H,1-2H3. The van der Waals surface area contributed by atoms with Crippen molar-refractivity contribution in [2.75, 3.05) is 7.11 Å². The smallest absolute Gasteiger partial charge is 0.121 e. The summed E-state index contributed by atoms with van der Waals surface area (Å²) in [5.74, 6) is 0.931. The Bertz CT molecular complexity index is 418. The molecule has 1 aromatic carbocycles. The largest absolute Gasteiger partial charge is 0.496 e. The van der Waals surface area contributed by atoms with Crippen molar-refractivity contribution < 1.29 is 4.74 Å². The highest BCUT2D eigenvalue weighted by Gasteiger charge is 2.01. The maximum Gasteiger partial charge on any atom is 0.121 e. The molecule has 0 amide bonds. The number of aromatic nitrogens is 1. The number of hydrogen-bond donors (Lipinski definition) is 1. The van der Waals surface area contributed by atoms with Crippen LogP contribution in [0.15, 0.2) is 36.5 Å². The van der Waals surface area contributed by atoms with Gasteiger partial charge in [0, 0.05) is 11.9 Å². The minimum atomic E-state index is 0.931. The first kappa shape index (κ1) is 8.88. The Balaban J connectivity index is 2.43. The minimum Gasteiger partial charge on any atom is -0.496 e. The minimum absolute atomic E-state index is 0.931. The van der Waals surface area contributed by atoms with Crippen LogP contribution < -0.4 is 4.74 Å². The Kier molecular flexibility index (Phi) is 2.27.